The van der Waals surface area contributed by atoms with Crippen LogP contribution in [-0.2, 0) is 6.54 Å². The van der Waals surface area contributed by atoms with E-state index in [9.17, 15) is 0 Å². The minimum absolute atomic E-state index is 0.604. The first kappa shape index (κ1) is 14.0. The molecule has 0 fully saturated rings. The Balaban J connectivity index is 2.06. The van der Waals surface area contributed by atoms with Crippen molar-refractivity contribution in [1.82, 2.24) is 4.98 Å². The average Bonchev–Trinajstić information content (AvgIpc) is 2.52. The first-order valence-electron chi connectivity index (χ1n) is 6.22. The van der Waals surface area contributed by atoms with Gasteiger partial charge in [0.2, 0.25) is 5.88 Å². The maximum atomic E-state index is 5.26. The quantitative estimate of drug-likeness (QED) is 0.877. The average molecular weight is 274 g/mol. The van der Waals surface area contributed by atoms with E-state index < -0.39 is 0 Å². The minimum atomic E-state index is 0.604. The van der Waals surface area contributed by atoms with Crippen LogP contribution in [0.2, 0.25) is 0 Å². The lowest BCUT2D eigenvalue weighted by Gasteiger charge is -2.11. The molecule has 1 N–H and O–H groups in total. The molecule has 1 aromatic heterocycles. The van der Waals surface area contributed by atoms with Gasteiger partial charge in [0.25, 0.3) is 0 Å². The molecule has 0 aliphatic heterocycles. The van der Waals surface area contributed by atoms with Crippen molar-refractivity contribution >= 4 is 5.69 Å². The van der Waals surface area contributed by atoms with Gasteiger partial charge in [-0.1, -0.05) is 6.07 Å². The standard InChI is InChI=1S/C15H18N2O3/c1-18-13-8-7-11(9-14(13)19-2)16-10-12-5-4-6-15(17-12)20-3/h4-9,16H,10H2,1-3H3. The highest BCUT2D eigenvalue weighted by atomic mass is 16.5. The molecular formula is C15H18N2O3. The predicted octanol–water partition coefficient (Wildman–Crippen LogP) is 2.72. The fourth-order valence-corrected chi connectivity index (χ4v) is 1.81. The first-order valence-corrected chi connectivity index (χ1v) is 6.22. The van der Waals surface area contributed by atoms with Crippen molar-refractivity contribution in [2.24, 2.45) is 0 Å². The van der Waals surface area contributed by atoms with Gasteiger partial charge in [-0.05, 0) is 18.2 Å². The van der Waals surface area contributed by atoms with E-state index in [0.29, 0.717) is 23.9 Å². The third-order valence-corrected chi connectivity index (χ3v) is 2.85. The highest BCUT2D eigenvalue weighted by Gasteiger charge is 2.04. The number of ether oxygens (including phenoxy) is 3. The summed E-state index contributed by atoms with van der Waals surface area (Å²) in [6.45, 7) is 0.604. The summed E-state index contributed by atoms with van der Waals surface area (Å²) in [4.78, 5) is 4.34. The Kier molecular flexibility index (Phi) is 4.65. The normalized spacial score (nSPS) is 9.95. The summed E-state index contributed by atoms with van der Waals surface area (Å²) in [7, 11) is 4.84. The van der Waals surface area contributed by atoms with E-state index in [1.54, 1.807) is 21.3 Å². The van der Waals surface area contributed by atoms with Gasteiger partial charge in [-0.15, -0.1) is 0 Å². The summed E-state index contributed by atoms with van der Waals surface area (Å²) in [6, 6.07) is 11.4. The van der Waals surface area contributed by atoms with Gasteiger partial charge in [0.05, 0.1) is 33.6 Å². The van der Waals surface area contributed by atoms with Gasteiger partial charge >= 0.3 is 0 Å². The van der Waals surface area contributed by atoms with E-state index in [1.165, 1.54) is 0 Å². The molecule has 1 aromatic carbocycles. The molecule has 0 spiro atoms. The fraction of sp³-hybridized carbons (Fsp3) is 0.267. The summed E-state index contributed by atoms with van der Waals surface area (Å²) in [5, 5.41) is 3.28. The first-order chi connectivity index (χ1) is 9.76. The van der Waals surface area contributed by atoms with Crippen LogP contribution in [0.3, 0.4) is 0 Å². The molecule has 0 saturated carbocycles. The van der Waals surface area contributed by atoms with Gasteiger partial charge < -0.3 is 19.5 Å². The molecule has 0 atom stereocenters. The van der Waals surface area contributed by atoms with Crippen molar-refractivity contribution in [2.75, 3.05) is 26.6 Å². The van der Waals surface area contributed by atoms with E-state index in [4.69, 9.17) is 14.2 Å². The van der Waals surface area contributed by atoms with Gasteiger partial charge in [0.15, 0.2) is 11.5 Å². The van der Waals surface area contributed by atoms with Crippen LogP contribution in [-0.4, -0.2) is 26.3 Å². The summed E-state index contributed by atoms with van der Waals surface area (Å²) in [5.41, 5.74) is 1.84. The smallest absolute Gasteiger partial charge is 0.213 e. The largest absolute Gasteiger partial charge is 0.493 e. The Hall–Kier alpha value is -2.43. The van der Waals surface area contributed by atoms with E-state index in [-0.39, 0.29) is 0 Å². The minimum Gasteiger partial charge on any atom is -0.493 e. The molecule has 0 radical (unpaired) electrons. The maximum absolute atomic E-state index is 5.26. The molecule has 5 heteroatoms. The Bertz CT molecular complexity index is 573. The number of nitrogens with zero attached hydrogens (tertiary/aromatic N) is 1. The van der Waals surface area contributed by atoms with Gasteiger partial charge in [0.1, 0.15) is 0 Å². The van der Waals surface area contributed by atoms with Crippen molar-refractivity contribution in [2.45, 2.75) is 6.54 Å². The van der Waals surface area contributed by atoms with Gasteiger partial charge in [-0.25, -0.2) is 4.98 Å². The number of methoxy groups -OCH3 is 3. The van der Waals surface area contributed by atoms with Crippen LogP contribution in [0, 0.1) is 0 Å². The molecule has 0 amide bonds. The number of aromatic nitrogens is 1. The number of anilines is 1. The van der Waals surface area contributed by atoms with Crippen LogP contribution in [0.1, 0.15) is 5.69 Å². The van der Waals surface area contributed by atoms with Crippen molar-refractivity contribution in [3.63, 3.8) is 0 Å². The van der Waals surface area contributed by atoms with Crippen molar-refractivity contribution in [3.8, 4) is 17.4 Å². The Morgan fingerprint density at radius 2 is 1.75 bits per heavy atom. The summed E-state index contributed by atoms with van der Waals surface area (Å²) in [6.07, 6.45) is 0. The van der Waals surface area contributed by atoms with E-state index in [2.05, 4.69) is 10.3 Å². The van der Waals surface area contributed by atoms with Crippen LogP contribution in [0.25, 0.3) is 0 Å². The third-order valence-electron chi connectivity index (χ3n) is 2.85. The Labute approximate surface area is 118 Å². The summed E-state index contributed by atoms with van der Waals surface area (Å²) < 4.78 is 15.6. The van der Waals surface area contributed by atoms with E-state index >= 15 is 0 Å². The van der Waals surface area contributed by atoms with E-state index in [1.807, 2.05) is 36.4 Å². The van der Waals surface area contributed by atoms with Crippen LogP contribution in [0.15, 0.2) is 36.4 Å². The van der Waals surface area contributed by atoms with Gasteiger partial charge in [0, 0.05) is 17.8 Å². The topological polar surface area (TPSA) is 52.6 Å². The highest BCUT2D eigenvalue weighted by Crippen LogP contribution is 2.29. The lowest BCUT2D eigenvalue weighted by atomic mass is 10.2. The molecule has 0 aliphatic rings. The summed E-state index contributed by atoms with van der Waals surface area (Å²) >= 11 is 0. The van der Waals surface area contributed by atoms with Crippen LogP contribution in [0.4, 0.5) is 5.69 Å². The summed E-state index contributed by atoms with van der Waals surface area (Å²) in [5.74, 6) is 2.00. The second-order valence-electron chi connectivity index (χ2n) is 4.09. The zero-order valence-corrected chi connectivity index (χ0v) is 11.8. The van der Waals surface area contributed by atoms with Gasteiger partial charge in [-0.3, -0.25) is 0 Å². The molecule has 0 unspecified atom stereocenters. The molecule has 0 bridgehead atoms. The zero-order valence-electron chi connectivity index (χ0n) is 11.8. The van der Waals surface area contributed by atoms with Crippen LogP contribution < -0.4 is 19.5 Å². The van der Waals surface area contributed by atoms with Crippen molar-refractivity contribution in [1.29, 1.82) is 0 Å². The molecule has 2 rings (SSSR count). The number of benzene rings is 1. The number of nitrogens with one attached hydrogen (secondary N) is 1. The lowest BCUT2D eigenvalue weighted by molar-refractivity contribution is 0.355. The maximum Gasteiger partial charge on any atom is 0.213 e. The van der Waals surface area contributed by atoms with Crippen molar-refractivity contribution < 1.29 is 14.2 Å². The molecule has 0 saturated heterocycles. The molecule has 5 nitrogen and oxygen atoms in total. The third kappa shape index (κ3) is 3.32. The van der Waals surface area contributed by atoms with E-state index in [0.717, 1.165) is 11.4 Å². The number of hydrogen-bond acceptors (Lipinski definition) is 5. The predicted molar refractivity (Wildman–Crippen MR) is 77.7 cm³/mol. The zero-order chi connectivity index (χ0) is 14.4. The van der Waals surface area contributed by atoms with Crippen LogP contribution >= 0.6 is 0 Å². The molecule has 106 valence electrons. The monoisotopic (exact) mass is 274 g/mol. The Morgan fingerprint density at radius 1 is 0.950 bits per heavy atom. The fourth-order valence-electron chi connectivity index (χ4n) is 1.81. The SMILES string of the molecule is COc1cccc(CNc2ccc(OC)c(OC)c2)n1. The molecule has 20 heavy (non-hydrogen) atoms. The lowest BCUT2D eigenvalue weighted by Crippen LogP contribution is -2.03. The molecule has 1 heterocycles. The second-order valence-corrected chi connectivity index (χ2v) is 4.09. The molecular weight excluding hydrogens is 256 g/mol. The number of pyridine rings is 1. The molecule has 2 aromatic rings. The Morgan fingerprint density at radius 3 is 2.45 bits per heavy atom. The van der Waals surface area contributed by atoms with Gasteiger partial charge in [-0.2, -0.15) is 0 Å². The number of rotatable bonds is 6. The second kappa shape index (κ2) is 6.65. The van der Waals surface area contributed by atoms with Crippen LogP contribution in [0.5, 0.6) is 17.4 Å². The molecule has 0 aliphatic carbocycles. The highest BCUT2D eigenvalue weighted by molar-refractivity contribution is 5.54. The number of hydrogen-bond donors (Lipinski definition) is 1. The van der Waals surface area contributed by atoms with Crippen molar-refractivity contribution in [3.05, 3.63) is 42.1 Å².